The summed E-state index contributed by atoms with van der Waals surface area (Å²) in [6, 6.07) is 10.0. The second kappa shape index (κ2) is 3.79. The highest BCUT2D eigenvalue weighted by molar-refractivity contribution is 6.04. The largest absolute Gasteiger partial charge is 0.361 e. The lowest BCUT2D eigenvalue weighted by Crippen LogP contribution is -2.40. The number of allylic oxidation sites excluding steroid dienone is 1. The van der Waals surface area contributed by atoms with Crippen LogP contribution in [0.4, 0.5) is 0 Å². The average Bonchev–Trinajstić information content (AvgIpc) is 2.73. The van der Waals surface area contributed by atoms with E-state index >= 15 is 0 Å². The van der Waals surface area contributed by atoms with Gasteiger partial charge in [0.2, 0.25) is 0 Å². The lowest BCUT2D eigenvalue weighted by Gasteiger charge is -2.38. The number of rotatable bonds is 0. The normalized spacial score (nSPS) is 27.8. The van der Waals surface area contributed by atoms with Crippen molar-refractivity contribution < 1.29 is 9.53 Å². The molecule has 2 aliphatic rings. The molecule has 1 aliphatic heterocycles. The predicted molar refractivity (Wildman–Crippen MR) is 70.0 cm³/mol. The van der Waals surface area contributed by atoms with Crippen molar-refractivity contribution in [3.05, 3.63) is 47.0 Å². The van der Waals surface area contributed by atoms with E-state index in [1.807, 2.05) is 44.2 Å². The lowest BCUT2D eigenvalue weighted by atomic mass is 9.68. The zero-order valence-corrected chi connectivity index (χ0v) is 11.1. The van der Waals surface area contributed by atoms with Crippen LogP contribution >= 0.6 is 0 Å². The fraction of sp³-hybridized carbons (Fsp3) is 0.375. The molecule has 1 aromatic carbocycles. The molecule has 0 aromatic heterocycles. The lowest BCUT2D eigenvalue weighted by molar-refractivity contribution is -0.129. The van der Waals surface area contributed by atoms with Gasteiger partial charge in [0, 0.05) is 5.41 Å². The summed E-state index contributed by atoms with van der Waals surface area (Å²) in [7, 11) is 0. The molecular formula is C16H15NO2. The number of ketones is 1. The molecular weight excluding hydrogens is 238 g/mol. The van der Waals surface area contributed by atoms with Crippen molar-refractivity contribution >= 4 is 5.78 Å². The molecule has 1 atom stereocenters. The fourth-order valence-corrected chi connectivity index (χ4v) is 3.14. The number of hydrogen-bond donors (Lipinski definition) is 0. The molecule has 1 aliphatic carbocycles. The average molecular weight is 253 g/mol. The van der Waals surface area contributed by atoms with Gasteiger partial charge in [-0.1, -0.05) is 38.1 Å². The van der Waals surface area contributed by atoms with Gasteiger partial charge in [-0.05, 0) is 23.6 Å². The molecule has 0 amide bonds. The van der Waals surface area contributed by atoms with Gasteiger partial charge in [-0.3, -0.25) is 4.79 Å². The Morgan fingerprint density at radius 1 is 1.32 bits per heavy atom. The Balaban J connectivity index is 2.20. The molecule has 3 rings (SSSR count). The van der Waals surface area contributed by atoms with Crippen molar-refractivity contribution in [3.8, 4) is 6.07 Å². The molecule has 3 heteroatoms. The van der Waals surface area contributed by atoms with E-state index in [1.54, 1.807) is 6.08 Å². The number of nitrogens with zero attached hydrogens (tertiary/aromatic N) is 1. The Morgan fingerprint density at radius 3 is 2.79 bits per heavy atom. The maximum absolute atomic E-state index is 12.2. The summed E-state index contributed by atoms with van der Waals surface area (Å²) in [5, 5.41) is 9.19. The zero-order chi connectivity index (χ0) is 13.7. The smallest absolute Gasteiger partial charge is 0.178 e. The number of carbonyl (C=O) groups excluding carboxylic acids is 1. The quantitative estimate of drug-likeness (QED) is 0.714. The number of benzene rings is 1. The number of hydrogen-bond acceptors (Lipinski definition) is 3. The summed E-state index contributed by atoms with van der Waals surface area (Å²) in [6.07, 6.45) is 2.30. The summed E-state index contributed by atoms with van der Waals surface area (Å²) in [6.45, 7) is 4.30. The summed E-state index contributed by atoms with van der Waals surface area (Å²) < 4.78 is 5.99. The number of ether oxygens (including phenoxy) is 1. The Bertz CT molecular complexity index is 636. The van der Waals surface area contributed by atoms with Crippen LogP contribution < -0.4 is 0 Å². The predicted octanol–water partition coefficient (Wildman–Crippen LogP) is 2.86. The van der Waals surface area contributed by atoms with Crippen molar-refractivity contribution in [3.63, 3.8) is 0 Å². The third-order valence-electron chi connectivity index (χ3n) is 4.02. The highest BCUT2D eigenvalue weighted by Gasteiger charge is 2.49. The van der Waals surface area contributed by atoms with Crippen molar-refractivity contribution in [2.24, 2.45) is 5.41 Å². The SMILES string of the molecule is CC1(C)CC2(C=C(C#N)C1=O)OCc1ccccc12. The molecule has 0 radical (unpaired) electrons. The molecule has 0 fully saturated rings. The van der Waals surface area contributed by atoms with Crippen molar-refractivity contribution in [1.82, 2.24) is 0 Å². The topological polar surface area (TPSA) is 50.1 Å². The minimum Gasteiger partial charge on any atom is -0.361 e. The van der Waals surface area contributed by atoms with E-state index in [1.165, 1.54) is 0 Å². The Labute approximate surface area is 112 Å². The highest BCUT2D eigenvalue weighted by Crippen LogP contribution is 2.49. The number of nitriles is 1. The van der Waals surface area contributed by atoms with Crippen LogP contribution in [0.5, 0.6) is 0 Å². The number of Topliss-reactive ketones (excluding diaryl/α,β-unsaturated/α-hetero) is 1. The van der Waals surface area contributed by atoms with Crippen LogP contribution in [0.25, 0.3) is 0 Å². The first-order chi connectivity index (χ1) is 8.98. The van der Waals surface area contributed by atoms with Gasteiger partial charge in [-0.2, -0.15) is 5.26 Å². The van der Waals surface area contributed by atoms with Gasteiger partial charge in [-0.25, -0.2) is 0 Å². The van der Waals surface area contributed by atoms with Crippen LogP contribution in [-0.4, -0.2) is 5.78 Å². The third-order valence-corrected chi connectivity index (χ3v) is 4.02. The molecule has 0 bridgehead atoms. The molecule has 96 valence electrons. The Kier molecular flexibility index (Phi) is 2.42. The first-order valence-corrected chi connectivity index (χ1v) is 6.39. The van der Waals surface area contributed by atoms with Crippen LogP contribution in [0.2, 0.25) is 0 Å². The second-order valence-corrected chi connectivity index (χ2v) is 5.89. The molecule has 19 heavy (non-hydrogen) atoms. The molecule has 0 N–H and O–H groups in total. The van der Waals surface area contributed by atoms with Crippen LogP contribution in [-0.2, 0) is 21.7 Å². The highest BCUT2D eigenvalue weighted by atomic mass is 16.5. The molecule has 1 unspecified atom stereocenters. The summed E-state index contributed by atoms with van der Waals surface area (Å²) in [5.74, 6) is -0.0893. The van der Waals surface area contributed by atoms with E-state index in [9.17, 15) is 10.1 Å². The summed E-state index contributed by atoms with van der Waals surface area (Å²) in [5.41, 5.74) is 1.26. The second-order valence-electron chi connectivity index (χ2n) is 5.89. The van der Waals surface area contributed by atoms with E-state index in [2.05, 4.69) is 0 Å². The fourth-order valence-electron chi connectivity index (χ4n) is 3.14. The van der Waals surface area contributed by atoms with Crippen LogP contribution in [0.3, 0.4) is 0 Å². The molecule has 0 saturated carbocycles. The van der Waals surface area contributed by atoms with Crippen molar-refractivity contribution in [1.29, 1.82) is 5.26 Å². The molecule has 1 heterocycles. The van der Waals surface area contributed by atoms with E-state index in [-0.39, 0.29) is 11.4 Å². The monoisotopic (exact) mass is 253 g/mol. The van der Waals surface area contributed by atoms with Gasteiger partial charge >= 0.3 is 0 Å². The minimum absolute atomic E-state index is 0.0893. The Hall–Kier alpha value is -1.92. The molecule has 1 spiro atoms. The van der Waals surface area contributed by atoms with Gasteiger partial charge < -0.3 is 4.74 Å². The van der Waals surface area contributed by atoms with Gasteiger partial charge in [-0.15, -0.1) is 0 Å². The maximum atomic E-state index is 12.2. The molecule has 3 nitrogen and oxygen atoms in total. The third kappa shape index (κ3) is 1.64. The minimum atomic E-state index is -0.612. The van der Waals surface area contributed by atoms with E-state index < -0.39 is 11.0 Å². The first-order valence-electron chi connectivity index (χ1n) is 6.39. The van der Waals surface area contributed by atoms with Gasteiger partial charge in [0.05, 0.1) is 12.2 Å². The molecule has 1 aromatic rings. The standard InChI is InChI=1S/C16H15NO2/c1-15(2)10-16(7-12(8-17)14(15)18)13-6-4-3-5-11(13)9-19-16/h3-7H,9-10H2,1-2H3. The number of fused-ring (bicyclic) bond motifs is 2. The van der Waals surface area contributed by atoms with Crippen molar-refractivity contribution in [2.45, 2.75) is 32.5 Å². The van der Waals surface area contributed by atoms with E-state index in [4.69, 9.17) is 4.74 Å². The van der Waals surface area contributed by atoms with Crippen LogP contribution in [0.15, 0.2) is 35.9 Å². The maximum Gasteiger partial charge on any atom is 0.178 e. The van der Waals surface area contributed by atoms with Crippen LogP contribution in [0, 0.1) is 16.7 Å². The zero-order valence-electron chi connectivity index (χ0n) is 11.1. The molecule has 0 saturated heterocycles. The first kappa shape index (κ1) is 12.1. The van der Waals surface area contributed by atoms with Gasteiger partial charge in [0.1, 0.15) is 11.7 Å². The van der Waals surface area contributed by atoms with E-state index in [0.717, 1.165) is 11.1 Å². The van der Waals surface area contributed by atoms with E-state index in [0.29, 0.717) is 13.0 Å². The summed E-state index contributed by atoms with van der Waals surface area (Å²) in [4.78, 5) is 12.2. The summed E-state index contributed by atoms with van der Waals surface area (Å²) >= 11 is 0. The number of carbonyl (C=O) groups is 1. The van der Waals surface area contributed by atoms with Gasteiger partial charge in [0.25, 0.3) is 0 Å². The van der Waals surface area contributed by atoms with Crippen molar-refractivity contribution in [2.75, 3.05) is 0 Å². The van der Waals surface area contributed by atoms with Crippen LogP contribution in [0.1, 0.15) is 31.4 Å². The Morgan fingerprint density at radius 2 is 2.05 bits per heavy atom. The van der Waals surface area contributed by atoms with Gasteiger partial charge in [0.15, 0.2) is 5.78 Å².